The second-order valence-electron chi connectivity index (χ2n) is 3.76. The zero-order chi connectivity index (χ0) is 9.97. The molecule has 0 atom stereocenters. The lowest BCUT2D eigenvalue weighted by molar-refractivity contribution is 0.475. The number of hydrogen-bond donors (Lipinski definition) is 1. The predicted molar refractivity (Wildman–Crippen MR) is 59.1 cm³/mol. The van der Waals surface area contributed by atoms with E-state index in [2.05, 4.69) is 19.1 Å². The van der Waals surface area contributed by atoms with Crippen molar-refractivity contribution < 1.29 is 5.11 Å². The van der Waals surface area contributed by atoms with Gasteiger partial charge in [-0.15, -0.1) is 0 Å². The van der Waals surface area contributed by atoms with Crippen molar-refractivity contribution >= 4 is 5.57 Å². The van der Waals surface area contributed by atoms with E-state index in [1.165, 1.54) is 11.1 Å². The molecule has 72 valence electrons. The van der Waals surface area contributed by atoms with Gasteiger partial charge in [0.15, 0.2) is 0 Å². The number of phenols is 1. The molecule has 1 nitrogen and oxygen atoms in total. The van der Waals surface area contributed by atoms with Crippen molar-refractivity contribution in [1.29, 1.82) is 0 Å². The van der Waals surface area contributed by atoms with Gasteiger partial charge >= 0.3 is 0 Å². The Morgan fingerprint density at radius 1 is 1.14 bits per heavy atom. The van der Waals surface area contributed by atoms with Crippen LogP contribution in [0.15, 0.2) is 42.0 Å². The van der Waals surface area contributed by atoms with Gasteiger partial charge in [-0.1, -0.05) is 29.9 Å². The van der Waals surface area contributed by atoms with Crippen molar-refractivity contribution in [3.63, 3.8) is 0 Å². The SMILES string of the molecule is CC1=CC=C(c2cccc(O)c2)CC1. The molecule has 2 rings (SSSR count). The summed E-state index contributed by atoms with van der Waals surface area (Å²) < 4.78 is 0. The third-order valence-corrected chi connectivity index (χ3v) is 2.57. The van der Waals surface area contributed by atoms with Crippen molar-refractivity contribution in [2.75, 3.05) is 0 Å². The molecule has 0 aromatic heterocycles. The van der Waals surface area contributed by atoms with E-state index in [1.54, 1.807) is 6.07 Å². The fourth-order valence-electron chi connectivity index (χ4n) is 1.69. The molecule has 0 saturated carbocycles. The normalized spacial score (nSPS) is 16.1. The third-order valence-electron chi connectivity index (χ3n) is 2.57. The highest BCUT2D eigenvalue weighted by Crippen LogP contribution is 2.27. The van der Waals surface area contributed by atoms with Crippen molar-refractivity contribution in [2.45, 2.75) is 19.8 Å². The Balaban J connectivity index is 2.32. The fraction of sp³-hybridized carbons (Fsp3) is 0.231. The number of hydrogen-bond acceptors (Lipinski definition) is 1. The van der Waals surface area contributed by atoms with Crippen molar-refractivity contribution in [2.24, 2.45) is 0 Å². The van der Waals surface area contributed by atoms with Crippen LogP contribution in [-0.2, 0) is 0 Å². The Morgan fingerprint density at radius 2 is 2.00 bits per heavy atom. The van der Waals surface area contributed by atoms with Crippen molar-refractivity contribution in [3.05, 3.63) is 47.6 Å². The minimum atomic E-state index is 0.342. The second kappa shape index (κ2) is 3.70. The summed E-state index contributed by atoms with van der Waals surface area (Å²) in [5.74, 6) is 0.342. The highest BCUT2D eigenvalue weighted by atomic mass is 16.3. The Bertz CT molecular complexity index is 399. The second-order valence-corrected chi connectivity index (χ2v) is 3.76. The van der Waals surface area contributed by atoms with Crippen LogP contribution in [0, 0.1) is 0 Å². The predicted octanol–water partition coefficient (Wildman–Crippen LogP) is 3.52. The van der Waals surface area contributed by atoms with Gasteiger partial charge in [-0.25, -0.2) is 0 Å². The van der Waals surface area contributed by atoms with Gasteiger partial charge in [0.25, 0.3) is 0 Å². The van der Waals surface area contributed by atoms with Crippen LogP contribution in [0.2, 0.25) is 0 Å². The average molecular weight is 186 g/mol. The zero-order valence-electron chi connectivity index (χ0n) is 8.33. The summed E-state index contributed by atoms with van der Waals surface area (Å²) in [5, 5.41) is 9.35. The van der Waals surface area contributed by atoms with Gasteiger partial charge in [-0.05, 0) is 43.0 Å². The quantitative estimate of drug-likeness (QED) is 0.711. The van der Waals surface area contributed by atoms with Gasteiger partial charge in [0.2, 0.25) is 0 Å². The molecule has 0 fully saturated rings. The van der Waals surface area contributed by atoms with Gasteiger partial charge in [-0.2, -0.15) is 0 Å². The minimum Gasteiger partial charge on any atom is -0.508 e. The van der Waals surface area contributed by atoms with E-state index < -0.39 is 0 Å². The summed E-state index contributed by atoms with van der Waals surface area (Å²) in [5.41, 5.74) is 3.87. The summed E-state index contributed by atoms with van der Waals surface area (Å²) in [7, 11) is 0. The van der Waals surface area contributed by atoms with E-state index in [0.29, 0.717) is 5.75 Å². The first kappa shape index (κ1) is 9.07. The molecule has 0 spiro atoms. The Labute approximate surface area is 84.4 Å². The molecule has 1 aliphatic rings. The first-order valence-electron chi connectivity index (χ1n) is 4.91. The van der Waals surface area contributed by atoms with Crippen LogP contribution in [0.4, 0.5) is 0 Å². The minimum absolute atomic E-state index is 0.342. The molecule has 1 aliphatic carbocycles. The number of rotatable bonds is 1. The molecule has 1 N–H and O–H groups in total. The number of allylic oxidation sites excluding steroid dienone is 4. The van der Waals surface area contributed by atoms with Crippen LogP contribution in [0.5, 0.6) is 5.75 Å². The van der Waals surface area contributed by atoms with Crippen LogP contribution in [0.25, 0.3) is 5.57 Å². The number of aromatic hydroxyl groups is 1. The molecule has 1 aromatic rings. The molecule has 0 amide bonds. The van der Waals surface area contributed by atoms with Gasteiger partial charge < -0.3 is 5.11 Å². The molecular formula is C13H14O. The molecule has 14 heavy (non-hydrogen) atoms. The Morgan fingerprint density at radius 3 is 2.64 bits per heavy atom. The maximum absolute atomic E-state index is 9.35. The zero-order valence-corrected chi connectivity index (χ0v) is 8.33. The van der Waals surface area contributed by atoms with E-state index >= 15 is 0 Å². The van der Waals surface area contributed by atoms with Crippen LogP contribution in [-0.4, -0.2) is 5.11 Å². The van der Waals surface area contributed by atoms with Crippen LogP contribution >= 0.6 is 0 Å². The smallest absolute Gasteiger partial charge is 0.116 e. The fourth-order valence-corrected chi connectivity index (χ4v) is 1.69. The van der Waals surface area contributed by atoms with E-state index in [0.717, 1.165) is 18.4 Å². The van der Waals surface area contributed by atoms with Crippen molar-refractivity contribution in [3.8, 4) is 5.75 Å². The molecule has 0 aliphatic heterocycles. The van der Waals surface area contributed by atoms with Gasteiger partial charge in [0.05, 0.1) is 0 Å². The maximum atomic E-state index is 9.35. The van der Waals surface area contributed by atoms with Gasteiger partial charge in [0, 0.05) is 0 Å². The topological polar surface area (TPSA) is 20.2 Å². The average Bonchev–Trinajstić information content (AvgIpc) is 2.19. The lowest BCUT2D eigenvalue weighted by Gasteiger charge is -2.12. The summed E-state index contributed by atoms with van der Waals surface area (Å²) in [4.78, 5) is 0. The highest BCUT2D eigenvalue weighted by molar-refractivity contribution is 5.69. The molecule has 0 saturated heterocycles. The molecule has 1 aromatic carbocycles. The monoisotopic (exact) mass is 186 g/mol. The molecule has 0 radical (unpaired) electrons. The van der Waals surface area contributed by atoms with E-state index in [4.69, 9.17) is 0 Å². The van der Waals surface area contributed by atoms with Crippen LogP contribution in [0.3, 0.4) is 0 Å². The molecule has 1 heteroatoms. The van der Waals surface area contributed by atoms with Crippen LogP contribution in [0.1, 0.15) is 25.3 Å². The molecule has 0 heterocycles. The first-order valence-corrected chi connectivity index (χ1v) is 4.91. The standard InChI is InChI=1S/C13H14O/c1-10-5-7-11(8-6-10)12-3-2-4-13(14)9-12/h2-5,7,9,14H,6,8H2,1H3. The lowest BCUT2D eigenvalue weighted by Crippen LogP contribution is -1.90. The Hall–Kier alpha value is -1.50. The molecular weight excluding hydrogens is 172 g/mol. The van der Waals surface area contributed by atoms with Gasteiger partial charge in [-0.3, -0.25) is 0 Å². The largest absolute Gasteiger partial charge is 0.508 e. The van der Waals surface area contributed by atoms with Crippen molar-refractivity contribution in [1.82, 2.24) is 0 Å². The van der Waals surface area contributed by atoms with E-state index in [9.17, 15) is 5.11 Å². The van der Waals surface area contributed by atoms with E-state index in [-0.39, 0.29) is 0 Å². The maximum Gasteiger partial charge on any atom is 0.116 e. The molecule has 0 unspecified atom stereocenters. The third kappa shape index (κ3) is 1.87. The molecule has 0 bridgehead atoms. The number of phenolic OH excluding ortho intramolecular Hbond substituents is 1. The first-order chi connectivity index (χ1) is 6.75. The van der Waals surface area contributed by atoms with E-state index in [1.807, 2.05) is 18.2 Å². The number of benzene rings is 1. The Kier molecular flexibility index (Phi) is 2.40. The van der Waals surface area contributed by atoms with Gasteiger partial charge in [0.1, 0.15) is 5.75 Å². The highest BCUT2D eigenvalue weighted by Gasteiger charge is 2.05. The summed E-state index contributed by atoms with van der Waals surface area (Å²) in [6.45, 7) is 2.15. The lowest BCUT2D eigenvalue weighted by atomic mass is 9.94. The summed E-state index contributed by atoms with van der Waals surface area (Å²) >= 11 is 0. The van der Waals surface area contributed by atoms with Crippen LogP contribution < -0.4 is 0 Å². The summed E-state index contributed by atoms with van der Waals surface area (Å²) in [6, 6.07) is 7.45. The summed E-state index contributed by atoms with van der Waals surface area (Å²) in [6.07, 6.45) is 6.50.